The number of benzene rings is 1. The van der Waals surface area contributed by atoms with E-state index in [-0.39, 0.29) is 0 Å². The second-order valence-corrected chi connectivity index (χ2v) is 7.13. The van der Waals surface area contributed by atoms with E-state index in [0.717, 1.165) is 10.8 Å². The average molecular weight is 329 g/mol. The zero-order valence-electron chi connectivity index (χ0n) is 10.4. The molecule has 0 aliphatic heterocycles. The molecule has 1 saturated carbocycles. The van der Waals surface area contributed by atoms with Crippen LogP contribution in [0.5, 0.6) is 0 Å². The maximum atomic E-state index is 11.3. The molecule has 0 radical (unpaired) electrons. The Morgan fingerprint density at radius 1 is 1.44 bits per heavy atom. The summed E-state index contributed by atoms with van der Waals surface area (Å²) in [5.41, 5.74) is 0.403. The fraction of sp³-hybridized carbons (Fsp3) is 0.500. The number of carboxylic acid groups (broad SMARTS) is 1. The second kappa shape index (κ2) is 6.11. The quantitative estimate of drug-likeness (QED) is 0.864. The van der Waals surface area contributed by atoms with Gasteiger partial charge in [-0.2, -0.15) is 0 Å². The number of hydrogen-bond donors (Lipinski definition) is 1. The second-order valence-electron chi connectivity index (χ2n) is 4.93. The van der Waals surface area contributed by atoms with Gasteiger partial charge in [-0.25, -0.2) is 4.79 Å². The number of thioether (sulfide) groups is 1. The molecule has 98 valence electrons. The molecule has 2 nitrogen and oxygen atoms in total. The number of carboxylic acids is 1. The van der Waals surface area contributed by atoms with Crippen LogP contribution in [0.2, 0.25) is 0 Å². The third-order valence-electron chi connectivity index (χ3n) is 3.37. The molecule has 1 fully saturated rings. The van der Waals surface area contributed by atoms with Crippen LogP contribution in [0, 0.1) is 5.92 Å². The van der Waals surface area contributed by atoms with E-state index in [0.29, 0.717) is 15.3 Å². The minimum absolute atomic E-state index is 0.403. The SMILES string of the molecule is CC1CCCC(Sc2cccc(Br)c2C(=O)O)C1. The molecule has 0 heterocycles. The number of hydrogen-bond acceptors (Lipinski definition) is 2. The van der Waals surface area contributed by atoms with Crippen molar-refractivity contribution in [1.82, 2.24) is 0 Å². The van der Waals surface area contributed by atoms with Crippen molar-refractivity contribution >= 4 is 33.7 Å². The molecule has 18 heavy (non-hydrogen) atoms. The standard InChI is InChI=1S/C14H17BrO2S/c1-9-4-2-5-10(8-9)18-12-7-3-6-11(15)13(12)14(16)17/h3,6-7,9-10H,2,4-5,8H2,1H3,(H,16,17). The molecule has 0 spiro atoms. The molecule has 2 unspecified atom stereocenters. The largest absolute Gasteiger partial charge is 0.478 e. The highest BCUT2D eigenvalue weighted by Crippen LogP contribution is 2.38. The predicted octanol–water partition coefficient (Wildman–Crippen LogP) is 4.82. The monoisotopic (exact) mass is 328 g/mol. The maximum absolute atomic E-state index is 11.3. The lowest BCUT2D eigenvalue weighted by Crippen LogP contribution is -2.15. The molecule has 4 heteroatoms. The van der Waals surface area contributed by atoms with Crippen LogP contribution in [-0.4, -0.2) is 16.3 Å². The summed E-state index contributed by atoms with van der Waals surface area (Å²) in [7, 11) is 0. The summed E-state index contributed by atoms with van der Waals surface area (Å²) in [5, 5.41) is 9.84. The highest BCUT2D eigenvalue weighted by atomic mass is 79.9. The van der Waals surface area contributed by atoms with Crippen LogP contribution in [0.25, 0.3) is 0 Å². The molecule has 0 bridgehead atoms. The molecule has 1 aromatic rings. The first-order valence-electron chi connectivity index (χ1n) is 6.26. The van der Waals surface area contributed by atoms with E-state index in [1.807, 2.05) is 12.1 Å². The summed E-state index contributed by atoms with van der Waals surface area (Å²) >= 11 is 5.06. The Hall–Kier alpha value is -0.480. The zero-order chi connectivity index (χ0) is 13.1. The molecule has 0 aromatic heterocycles. The van der Waals surface area contributed by atoms with Gasteiger partial charge in [-0.05, 0) is 46.8 Å². The summed E-state index contributed by atoms with van der Waals surface area (Å²) in [4.78, 5) is 12.2. The molecule has 1 aliphatic carbocycles. The van der Waals surface area contributed by atoms with Crippen LogP contribution in [0.15, 0.2) is 27.6 Å². The first-order valence-corrected chi connectivity index (χ1v) is 7.93. The van der Waals surface area contributed by atoms with Gasteiger partial charge in [0.05, 0.1) is 5.56 Å². The number of aromatic carboxylic acids is 1. The van der Waals surface area contributed by atoms with Crippen molar-refractivity contribution in [1.29, 1.82) is 0 Å². The Morgan fingerprint density at radius 3 is 2.89 bits per heavy atom. The lowest BCUT2D eigenvalue weighted by molar-refractivity contribution is 0.0692. The Morgan fingerprint density at radius 2 is 2.22 bits per heavy atom. The van der Waals surface area contributed by atoms with E-state index in [9.17, 15) is 9.90 Å². The molecule has 2 rings (SSSR count). The van der Waals surface area contributed by atoms with Gasteiger partial charge in [0, 0.05) is 14.6 Å². The summed E-state index contributed by atoms with van der Waals surface area (Å²) < 4.78 is 0.670. The summed E-state index contributed by atoms with van der Waals surface area (Å²) in [6.45, 7) is 2.28. The number of halogens is 1. The van der Waals surface area contributed by atoms with Gasteiger partial charge < -0.3 is 5.11 Å². The maximum Gasteiger partial charge on any atom is 0.337 e. The number of rotatable bonds is 3. The Balaban J connectivity index is 2.18. The molecule has 0 saturated heterocycles. The van der Waals surface area contributed by atoms with Crippen LogP contribution in [0.1, 0.15) is 43.0 Å². The van der Waals surface area contributed by atoms with Crippen molar-refractivity contribution in [2.24, 2.45) is 5.92 Å². The van der Waals surface area contributed by atoms with Crippen LogP contribution >= 0.6 is 27.7 Å². The normalized spacial score (nSPS) is 23.9. The topological polar surface area (TPSA) is 37.3 Å². The first kappa shape index (κ1) is 13.9. The van der Waals surface area contributed by atoms with E-state index in [1.54, 1.807) is 17.8 Å². The van der Waals surface area contributed by atoms with E-state index < -0.39 is 5.97 Å². The minimum Gasteiger partial charge on any atom is -0.478 e. The summed E-state index contributed by atoms with van der Waals surface area (Å²) in [6.07, 6.45) is 4.95. The van der Waals surface area contributed by atoms with Crippen molar-refractivity contribution in [2.75, 3.05) is 0 Å². The third kappa shape index (κ3) is 3.29. The van der Waals surface area contributed by atoms with Gasteiger partial charge in [0.2, 0.25) is 0 Å². The Bertz CT molecular complexity index is 447. The highest BCUT2D eigenvalue weighted by Gasteiger charge is 2.22. The van der Waals surface area contributed by atoms with E-state index in [1.165, 1.54) is 25.7 Å². The minimum atomic E-state index is -0.853. The van der Waals surface area contributed by atoms with Gasteiger partial charge in [0.1, 0.15) is 0 Å². The van der Waals surface area contributed by atoms with Crippen molar-refractivity contribution < 1.29 is 9.90 Å². The Kier molecular flexibility index (Phi) is 4.73. The molecule has 0 amide bonds. The summed E-state index contributed by atoms with van der Waals surface area (Å²) in [5.74, 6) is -0.0921. The van der Waals surface area contributed by atoms with Crippen molar-refractivity contribution in [3.05, 3.63) is 28.2 Å². The molecule has 2 atom stereocenters. The fourth-order valence-electron chi connectivity index (χ4n) is 2.48. The fourth-order valence-corrected chi connectivity index (χ4v) is 4.68. The predicted molar refractivity (Wildman–Crippen MR) is 78.4 cm³/mol. The van der Waals surface area contributed by atoms with Gasteiger partial charge >= 0.3 is 5.97 Å². The van der Waals surface area contributed by atoms with Gasteiger partial charge in [-0.15, -0.1) is 11.8 Å². The van der Waals surface area contributed by atoms with E-state index in [4.69, 9.17) is 0 Å². The zero-order valence-corrected chi connectivity index (χ0v) is 12.8. The van der Waals surface area contributed by atoms with Crippen LogP contribution in [0.4, 0.5) is 0 Å². The number of carbonyl (C=O) groups is 1. The molecule has 1 N–H and O–H groups in total. The van der Waals surface area contributed by atoms with Gasteiger partial charge in [0.25, 0.3) is 0 Å². The van der Waals surface area contributed by atoms with Gasteiger partial charge in [-0.3, -0.25) is 0 Å². The van der Waals surface area contributed by atoms with Gasteiger partial charge in [-0.1, -0.05) is 25.8 Å². The third-order valence-corrected chi connectivity index (χ3v) is 5.39. The smallest absolute Gasteiger partial charge is 0.337 e. The molecular weight excluding hydrogens is 312 g/mol. The molecule has 1 aliphatic rings. The highest BCUT2D eigenvalue weighted by molar-refractivity contribution is 9.10. The Labute approximate surface area is 120 Å². The van der Waals surface area contributed by atoms with Crippen LogP contribution in [0.3, 0.4) is 0 Å². The van der Waals surface area contributed by atoms with Crippen molar-refractivity contribution in [3.63, 3.8) is 0 Å². The first-order chi connectivity index (χ1) is 8.58. The van der Waals surface area contributed by atoms with Crippen LogP contribution in [-0.2, 0) is 0 Å². The van der Waals surface area contributed by atoms with Crippen molar-refractivity contribution in [2.45, 2.75) is 42.8 Å². The molecular formula is C14H17BrO2S. The molecule has 1 aromatic carbocycles. The van der Waals surface area contributed by atoms with E-state index >= 15 is 0 Å². The summed E-state index contributed by atoms with van der Waals surface area (Å²) in [6, 6.07) is 5.61. The van der Waals surface area contributed by atoms with Crippen LogP contribution < -0.4 is 0 Å². The van der Waals surface area contributed by atoms with Gasteiger partial charge in [0.15, 0.2) is 0 Å². The average Bonchev–Trinajstić information content (AvgIpc) is 2.28. The van der Waals surface area contributed by atoms with Crippen molar-refractivity contribution in [3.8, 4) is 0 Å². The lowest BCUT2D eigenvalue weighted by Gasteiger charge is -2.26. The van der Waals surface area contributed by atoms with E-state index in [2.05, 4.69) is 22.9 Å². The lowest BCUT2D eigenvalue weighted by atomic mass is 9.91.